The van der Waals surface area contributed by atoms with Crippen molar-refractivity contribution in [3.05, 3.63) is 29.8 Å². The summed E-state index contributed by atoms with van der Waals surface area (Å²) in [5.74, 6) is -0.137. The number of rotatable bonds is 4. The van der Waals surface area contributed by atoms with Crippen LogP contribution in [-0.2, 0) is 20.7 Å². The molecule has 2 N–H and O–H groups in total. The standard InChI is InChI=1S/C18H25N3O6S/c1-13-12-20(18(23)27-16-6-10-26-11-7-16)8-9-21(13)17(22)14-2-4-15(5-3-14)19-28(24)25/h2-5,13,16,19H,6-12H2,1H3,(H,24,25). The molecular formula is C18H25N3O6S. The second-order valence-electron chi connectivity index (χ2n) is 6.92. The van der Waals surface area contributed by atoms with Crippen LogP contribution in [0.25, 0.3) is 0 Å². The van der Waals surface area contributed by atoms with Crippen molar-refractivity contribution in [2.75, 3.05) is 37.6 Å². The summed E-state index contributed by atoms with van der Waals surface area (Å²) in [4.78, 5) is 28.5. The molecule has 0 aliphatic carbocycles. The molecule has 2 unspecified atom stereocenters. The fourth-order valence-electron chi connectivity index (χ4n) is 3.38. The van der Waals surface area contributed by atoms with Crippen molar-refractivity contribution in [1.29, 1.82) is 0 Å². The first-order valence-electron chi connectivity index (χ1n) is 9.26. The number of carbonyl (C=O) groups excluding carboxylic acids is 2. The van der Waals surface area contributed by atoms with Gasteiger partial charge in [-0.15, -0.1) is 0 Å². The Morgan fingerprint density at radius 2 is 1.89 bits per heavy atom. The topological polar surface area (TPSA) is 108 Å². The van der Waals surface area contributed by atoms with E-state index in [-0.39, 0.29) is 24.1 Å². The van der Waals surface area contributed by atoms with Crippen LogP contribution in [0.3, 0.4) is 0 Å². The molecule has 2 aliphatic rings. The van der Waals surface area contributed by atoms with Crippen LogP contribution in [0.5, 0.6) is 0 Å². The molecule has 2 fully saturated rings. The zero-order chi connectivity index (χ0) is 20.1. The second-order valence-corrected chi connectivity index (χ2v) is 7.62. The average Bonchev–Trinajstić information content (AvgIpc) is 2.68. The third kappa shape index (κ3) is 5.21. The minimum absolute atomic E-state index is 0.100. The zero-order valence-electron chi connectivity index (χ0n) is 15.7. The monoisotopic (exact) mass is 411 g/mol. The first-order chi connectivity index (χ1) is 13.4. The number of piperazine rings is 1. The molecule has 2 atom stereocenters. The molecule has 0 spiro atoms. The first kappa shape index (κ1) is 20.6. The van der Waals surface area contributed by atoms with Crippen LogP contribution >= 0.6 is 0 Å². The van der Waals surface area contributed by atoms with Gasteiger partial charge in [0.25, 0.3) is 17.2 Å². The Labute approximate surface area is 166 Å². The van der Waals surface area contributed by atoms with E-state index in [1.165, 1.54) is 0 Å². The Kier molecular flexibility index (Phi) is 6.87. The van der Waals surface area contributed by atoms with E-state index in [1.54, 1.807) is 34.1 Å². The Bertz CT molecular complexity index is 723. The summed E-state index contributed by atoms with van der Waals surface area (Å²) in [6.45, 7) is 4.37. The van der Waals surface area contributed by atoms with E-state index in [1.807, 2.05) is 6.92 Å². The average molecular weight is 411 g/mol. The number of hydrogen-bond donors (Lipinski definition) is 2. The normalized spacial score (nSPS) is 21.9. The quantitative estimate of drug-likeness (QED) is 0.730. The summed E-state index contributed by atoms with van der Waals surface area (Å²) in [6, 6.07) is 6.22. The Morgan fingerprint density at radius 3 is 2.50 bits per heavy atom. The van der Waals surface area contributed by atoms with Crippen LogP contribution in [-0.4, -0.2) is 75.6 Å². The van der Waals surface area contributed by atoms with Gasteiger partial charge in [0.05, 0.1) is 13.2 Å². The molecule has 9 nitrogen and oxygen atoms in total. The number of nitrogens with one attached hydrogen (secondary N) is 1. The lowest BCUT2D eigenvalue weighted by Gasteiger charge is -2.40. The highest BCUT2D eigenvalue weighted by Crippen LogP contribution is 2.18. The van der Waals surface area contributed by atoms with Gasteiger partial charge >= 0.3 is 6.09 Å². The van der Waals surface area contributed by atoms with Gasteiger partial charge in [0.1, 0.15) is 6.10 Å². The highest BCUT2D eigenvalue weighted by Gasteiger charge is 2.32. The molecule has 2 aliphatic heterocycles. The molecule has 0 bridgehead atoms. The van der Waals surface area contributed by atoms with Crippen LogP contribution in [0.15, 0.2) is 24.3 Å². The second kappa shape index (κ2) is 9.35. The van der Waals surface area contributed by atoms with Gasteiger partial charge in [-0.25, -0.2) is 9.00 Å². The molecule has 3 rings (SSSR count). The van der Waals surface area contributed by atoms with Crippen molar-refractivity contribution >= 4 is 29.0 Å². The summed E-state index contributed by atoms with van der Waals surface area (Å²) in [5, 5.41) is 0. The molecule has 0 saturated carbocycles. The molecule has 1 aromatic rings. The van der Waals surface area contributed by atoms with Crippen molar-refractivity contribution < 1.29 is 27.8 Å². The Morgan fingerprint density at radius 1 is 1.21 bits per heavy atom. The first-order valence-corrected chi connectivity index (χ1v) is 10.4. The number of carbonyl (C=O) groups is 2. The van der Waals surface area contributed by atoms with Crippen LogP contribution in [0, 0.1) is 0 Å². The van der Waals surface area contributed by atoms with E-state index in [4.69, 9.17) is 14.0 Å². The van der Waals surface area contributed by atoms with Gasteiger partial charge in [-0.3, -0.25) is 14.1 Å². The molecule has 154 valence electrons. The van der Waals surface area contributed by atoms with Crippen LogP contribution in [0.1, 0.15) is 30.1 Å². The number of hydrogen-bond acceptors (Lipinski definition) is 5. The van der Waals surface area contributed by atoms with E-state index < -0.39 is 11.3 Å². The third-order valence-electron chi connectivity index (χ3n) is 4.92. The lowest BCUT2D eigenvalue weighted by Crippen LogP contribution is -2.55. The van der Waals surface area contributed by atoms with Gasteiger partial charge in [-0.2, -0.15) is 0 Å². The van der Waals surface area contributed by atoms with E-state index in [0.29, 0.717) is 56.9 Å². The molecule has 1 aromatic carbocycles. The highest BCUT2D eigenvalue weighted by atomic mass is 32.2. The highest BCUT2D eigenvalue weighted by molar-refractivity contribution is 7.80. The molecule has 2 heterocycles. The minimum atomic E-state index is -2.16. The van der Waals surface area contributed by atoms with Crippen molar-refractivity contribution in [2.24, 2.45) is 0 Å². The maximum absolute atomic E-state index is 12.8. The van der Waals surface area contributed by atoms with E-state index in [2.05, 4.69) is 4.72 Å². The number of benzene rings is 1. The minimum Gasteiger partial charge on any atom is -0.446 e. The predicted molar refractivity (Wildman–Crippen MR) is 103 cm³/mol. The molecule has 0 aromatic heterocycles. The van der Waals surface area contributed by atoms with Gasteiger partial charge in [0.15, 0.2) is 0 Å². The van der Waals surface area contributed by atoms with Crippen molar-refractivity contribution in [1.82, 2.24) is 9.80 Å². The maximum atomic E-state index is 12.8. The fraction of sp³-hybridized carbons (Fsp3) is 0.556. The molecule has 2 saturated heterocycles. The van der Waals surface area contributed by atoms with Crippen LogP contribution < -0.4 is 4.72 Å². The number of amides is 2. The summed E-state index contributed by atoms with van der Waals surface area (Å²) in [6.07, 6.45) is 0.998. The van der Waals surface area contributed by atoms with E-state index >= 15 is 0 Å². The molecular weight excluding hydrogens is 386 g/mol. The van der Waals surface area contributed by atoms with E-state index in [9.17, 15) is 13.8 Å². The number of anilines is 1. The summed E-state index contributed by atoms with van der Waals surface area (Å²) >= 11 is -2.16. The Hall–Kier alpha value is -2.17. The molecule has 0 radical (unpaired) electrons. The van der Waals surface area contributed by atoms with Gasteiger partial charge in [-0.1, -0.05) is 0 Å². The van der Waals surface area contributed by atoms with Crippen molar-refractivity contribution in [3.63, 3.8) is 0 Å². The SMILES string of the molecule is CC1CN(C(=O)OC2CCOCC2)CCN1C(=O)c1ccc(NS(=O)O)cc1. The maximum Gasteiger partial charge on any atom is 0.410 e. The smallest absolute Gasteiger partial charge is 0.410 e. The lowest BCUT2D eigenvalue weighted by molar-refractivity contribution is -0.0173. The van der Waals surface area contributed by atoms with E-state index in [0.717, 1.165) is 0 Å². The van der Waals surface area contributed by atoms with Gasteiger partial charge in [-0.05, 0) is 31.2 Å². The van der Waals surface area contributed by atoms with Crippen molar-refractivity contribution in [3.8, 4) is 0 Å². The zero-order valence-corrected chi connectivity index (χ0v) is 16.5. The summed E-state index contributed by atoms with van der Waals surface area (Å²) in [7, 11) is 0. The fourth-order valence-corrected chi connectivity index (χ4v) is 3.72. The van der Waals surface area contributed by atoms with Gasteiger partial charge in [0.2, 0.25) is 0 Å². The third-order valence-corrected chi connectivity index (χ3v) is 5.33. The van der Waals surface area contributed by atoms with Gasteiger partial charge in [0, 0.05) is 49.8 Å². The molecule has 10 heteroatoms. The lowest BCUT2D eigenvalue weighted by atomic mass is 10.1. The molecule has 2 amide bonds. The summed E-state index contributed by atoms with van der Waals surface area (Å²) in [5.41, 5.74) is 0.936. The summed E-state index contributed by atoms with van der Waals surface area (Å²) < 4.78 is 32.8. The van der Waals surface area contributed by atoms with Gasteiger partial charge < -0.3 is 19.3 Å². The van der Waals surface area contributed by atoms with Crippen LogP contribution in [0.4, 0.5) is 10.5 Å². The Balaban J connectivity index is 1.54. The predicted octanol–water partition coefficient (Wildman–Crippen LogP) is 1.70. The largest absolute Gasteiger partial charge is 0.446 e. The van der Waals surface area contributed by atoms with Crippen LogP contribution in [0.2, 0.25) is 0 Å². The molecule has 28 heavy (non-hydrogen) atoms. The number of nitrogens with zero attached hydrogens (tertiary/aromatic N) is 2. The number of ether oxygens (including phenoxy) is 2. The van der Waals surface area contributed by atoms with Crippen molar-refractivity contribution in [2.45, 2.75) is 31.9 Å².